The molecule has 146 valence electrons. The number of carbonyl (C=O) groups excluding carboxylic acids is 1. The Labute approximate surface area is 161 Å². The van der Waals surface area contributed by atoms with Gasteiger partial charge in [-0.1, -0.05) is 25.1 Å². The Morgan fingerprint density at radius 2 is 1.74 bits per heavy atom. The number of sulfonamides is 1. The molecule has 0 aliphatic heterocycles. The molecule has 2 aromatic carbocycles. The fourth-order valence-corrected chi connectivity index (χ4v) is 3.82. The summed E-state index contributed by atoms with van der Waals surface area (Å²) in [7, 11) is 0.128. The largest absolute Gasteiger partial charge is 0.351 e. The van der Waals surface area contributed by atoms with Gasteiger partial charge in [0, 0.05) is 18.7 Å². The molecule has 6 nitrogen and oxygen atoms in total. The van der Waals surface area contributed by atoms with Gasteiger partial charge in [0.1, 0.15) is 0 Å². The second-order valence-corrected chi connectivity index (χ2v) is 8.33. The van der Waals surface area contributed by atoms with Crippen molar-refractivity contribution in [2.75, 3.05) is 31.9 Å². The molecule has 0 atom stereocenters. The van der Waals surface area contributed by atoms with E-state index in [0.29, 0.717) is 17.8 Å². The van der Waals surface area contributed by atoms with E-state index in [1.807, 2.05) is 51.0 Å². The Morgan fingerprint density at radius 1 is 1.07 bits per heavy atom. The van der Waals surface area contributed by atoms with E-state index in [0.717, 1.165) is 24.1 Å². The number of amides is 1. The number of rotatable bonds is 8. The monoisotopic (exact) mass is 389 g/mol. The summed E-state index contributed by atoms with van der Waals surface area (Å²) >= 11 is 0. The van der Waals surface area contributed by atoms with E-state index >= 15 is 0 Å². The highest BCUT2D eigenvalue weighted by molar-refractivity contribution is 7.92. The molecule has 0 aliphatic rings. The molecular formula is C20H27N3O3S. The van der Waals surface area contributed by atoms with Crippen molar-refractivity contribution in [2.24, 2.45) is 0 Å². The van der Waals surface area contributed by atoms with Crippen LogP contribution in [0.25, 0.3) is 0 Å². The van der Waals surface area contributed by atoms with Gasteiger partial charge >= 0.3 is 0 Å². The molecule has 27 heavy (non-hydrogen) atoms. The van der Waals surface area contributed by atoms with Crippen molar-refractivity contribution in [1.82, 2.24) is 10.2 Å². The average molecular weight is 390 g/mol. The summed E-state index contributed by atoms with van der Waals surface area (Å²) in [6.45, 7) is 5.12. The van der Waals surface area contributed by atoms with Crippen molar-refractivity contribution in [3.8, 4) is 0 Å². The number of carbonyl (C=O) groups is 1. The fourth-order valence-electron chi connectivity index (χ4n) is 2.64. The molecule has 0 aromatic heterocycles. The first-order chi connectivity index (χ1) is 12.7. The van der Waals surface area contributed by atoms with Gasteiger partial charge in [0.15, 0.2) is 0 Å². The smallest absolute Gasteiger partial charge is 0.261 e. The van der Waals surface area contributed by atoms with E-state index in [1.165, 1.54) is 24.3 Å². The van der Waals surface area contributed by atoms with E-state index in [-0.39, 0.29) is 10.8 Å². The standard InChI is InChI=1S/C20H27N3O3S/c1-5-16-8-6-7-15(2)19(16)22-27(25,26)18-11-9-17(10-12-18)20(24)21-13-14-23(3)4/h6-12,22H,5,13-14H2,1-4H3,(H,21,24). The van der Waals surface area contributed by atoms with Crippen LogP contribution in [0.3, 0.4) is 0 Å². The van der Waals surface area contributed by atoms with Crippen molar-refractivity contribution >= 4 is 21.6 Å². The van der Waals surface area contributed by atoms with Crippen LogP contribution in [0.5, 0.6) is 0 Å². The predicted octanol–water partition coefficient (Wildman–Crippen LogP) is 2.65. The molecule has 0 unspecified atom stereocenters. The van der Waals surface area contributed by atoms with Crippen LogP contribution in [0.1, 0.15) is 28.4 Å². The molecule has 2 aromatic rings. The molecule has 0 spiro atoms. The summed E-state index contributed by atoms with van der Waals surface area (Å²) in [4.78, 5) is 14.2. The molecule has 0 radical (unpaired) electrons. The summed E-state index contributed by atoms with van der Waals surface area (Å²) in [5.41, 5.74) is 2.86. The molecular weight excluding hydrogens is 362 g/mol. The zero-order valence-electron chi connectivity index (χ0n) is 16.2. The van der Waals surface area contributed by atoms with Gasteiger partial charge in [-0.25, -0.2) is 8.42 Å². The van der Waals surface area contributed by atoms with Gasteiger partial charge in [-0.3, -0.25) is 9.52 Å². The van der Waals surface area contributed by atoms with E-state index in [1.54, 1.807) is 0 Å². The van der Waals surface area contributed by atoms with Crippen LogP contribution in [-0.2, 0) is 16.4 Å². The molecule has 0 aliphatic carbocycles. The van der Waals surface area contributed by atoms with Crippen LogP contribution >= 0.6 is 0 Å². The van der Waals surface area contributed by atoms with Gasteiger partial charge in [0.25, 0.3) is 15.9 Å². The summed E-state index contributed by atoms with van der Waals surface area (Å²) in [6, 6.07) is 11.6. The first-order valence-corrected chi connectivity index (χ1v) is 10.4. The highest BCUT2D eigenvalue weighted by Crippen LogP contribution is 2.24. The Balaban J connectivity index is 2.15. The lowest BCUT2D eigenvalue weighted by Crippen LogP contribution is -2.31. The predicted molar refractivity (Wildman–Crippen MR) is 109 cm³/mol. The lowest BCUT2D eigenvalue weighted by atomic mass is 10.1. The van der Waals surface area contributed by atoms with Crippen molar-refractivity contribution < 1.29 is 13.2 Å². The zero-order chi connectivity index (χ0) is 20.0. The number of aryl methyl sites for hydroxylation is 2. The number of benzene rings is 2. The summed E-state index contributed by atoms with van der Waals surface area (Å²) < 4.78 is 28.1. The second kappa shape index (κ2) is 9.01. The molecule has 1 amide bonds. The average Bonchev–Trinajstić information content (AvgIpc) is 2.63. The quantitative estimate of drug-likeness (QED) is 0.728. The van der Waals surface area contributed by atoms with Crippen LogP contribution < -0.4 is 10.0 Å². The molecule has 0 saturated carbocycles. The molecule has 0 heterocycles. The van der Waals surface area contributed by atoms with E-state index in [9.17, 15) is 13.2 Å². The Kier molecular flexibility index (Phi) is 6.98. The number of likely N-dealkylation sites (N-methyl/N-ethyl adjacent to an activating group) is 1. The van der Waals surface area contributed by atoms with Gasteiger partial charge in [0.2, 0.25) is 0 Å². The minimum absolute atomic E-state index is 0.123. The molecule has 0 fully saturated rings. The Bertz CT molecular complexity index is 891. The maximum atomic E-state index is 12.7. The van der Waals surface area contributed by atoms with Crippen LogP contribution in [-0.4, -0.2) is 46.4 Å². The SMILES string of the molecule is CCc1cccc(C)c1NS(=O)(=O)c1ccc(C(=O)NCCN(C)C)cc1. The topological polar surface area (TPSA) is 78.5 Å². The number of nitrogens with zero attached hydrogens (tertiary/aromatic N) is 1. The third kappa shape index (κ3) is 5.55. The van der Waals surface area contributed by atoms with Crippen molar-refractivity contribution in [3.05, 3.63) is 59.2 Å². The Hall–Kier alpha value is -2.38. The summed E-state index contributed by atoms with van der Waals surface area (Å²) in [6.07, 6.45) is 0.728. The fraction of sp³-hybridized carbons (Fsp3) is 0.350. The number of hydrogen-bond donors (Lipinski definition) is 2. The molecule has 2 N–H and O–H groups in total. The van der Waals surface area contributed by atoms with Crippen LogP contribution in [0.2, 0.25) is 0 Å². The first-order valence-electron chi connectivity index (χ1n) is 8.89. The number of hydrogen-bond acceptors (Lipinski definition) is 4. The zero-order valence-corrected chi connectivity index (χ0v) is 17.1. The van der Waals surface area contributed by atoms with E-state index in [2.05, 4.69) is 10.0 Å². The maximum absolute atomic E-state index is 12.7. The Morgan fingerprint density at radius 3 is 2.33 bits per heavy atom. The van der Waals surface area contributed by atoms with Gasteiger partial charge in [-0.15, -0.1) is 0 Å². The van der Waals surface area contributed by atoms with Gasteiger partial charge in [0.05, 0.1) is 10.6 Å². The van der Waals surface area contributed by atoms with E-state index < -0.39 is 10.0 Å². The lowest BCUT2D eigenvalue weighted by molar-refractivity contribution is 0.0951. The molecule has 0 saturated heterocycles. The second-order valence-electron chi connectivity index (χ2n) is 6.65. The molecule has 7 heteroatoms. The minimum atomic E-state index is -3.73. The van der Waals surface area contributed by atoms with Crippen LogP contribution in [0.15, 0.2) is 47.4 Å². The van der Waals surface area contributed by atoms with Gasteiger partial charge in [-0.2, -0.15) is 0 Å². The van der Waals surface area contributed by atoms with Crippen LogP contribution in [0, 0.1) is 6.92 Å². The van der Waals surface area contributed by atoms with Crippen LogP contribution in [0.4, 0.5) is 5.69 Å². The molecule has 2 rings (SSSR count). The van der Waals surface area contributed by atoms with Gasteiger partial charge in [-0.05, 0) is 62.8 Å². The van der Waals surface area contributed by atoms with Crippen molar-refractivity contribution in [2.45, 2.75) is 25.2 Å². The highest BCUT2D eigenvalue weighted by atomic mass is 32.2. The number of para-hydroxylation sites is 1. The maximum Gasteiger partial charge on any atom is 0.261 e. The minimum Gasteiger partial charge on any atom is -0.351 e. The number of anilines is 1. The number of nitrogens with one attached hydrogen (secondary N) is 2. The molecule has 0 bridgehead atoms. The third-order valence-corrected chi connectivity index (χ3v) is 5.61. The van der Waals surface area contributed by atoms with Crippen molar-refractivity contribution in [3.63, 3.8) is 0 Å². The lowest BCUT2D eigenvalue weighted by Gasteiger charge is -2.15. The normalized spacial score (nSPS) is 11.4. The van der Waals surface area contributed by atoms with E-state index in [4.69, 9.17) is 0 Å². The van der Waals surface area contributed by atoms with Crippen molar-refractivity contribution in [1.29, 1.82) is 0 Å². The summed E-state index contributed by atoms with van der Waals surface area (Å²) in [5, 5.41) is 2.81. The summed E-state index contributed by atoms with van der Waals surface area (Å²) in [5.74, 6) is -0.221. The van der Waals surface area contributed by atoms with Gasteiger partial charge < -0.3 is 10.2 Å². The first kappa shape index (κ1) is 20.9. The highest BCUT2D eigenvalue weighted by Gasteiger charge is 2.17. The third-order valence-electron chi connectivity index (χ3n) is 4.25.